The largest absolute Gasteiger partial charge is 0.497 e. The number of benzene rings is 4. The molecular weight excluding hydrogens is 576 g/mol. The molecule has 0 aliphatic rings. The number of carbonyl (C=O) groups is 1. The Labute approximate surface area is 256 Å². The summed E-state index contributed by atoms with van der Waals surface area (Å²) in [4.78, 5) is 25.8. The van der Waals surface area contributed by atoms with Gasteiger partial charge < -0.3 is 10.5 Å². The lowest BCUT2D eigenvalue weighted by Crippen LogP contribution is -2.30. The topological polar surface area (TPSA) is 133 Å². The first-order chi connectivity index (χ1) is 21.3. The minimum atomic E-state index is -4.09. The molecule has 1 amide bonds. The van der Waals surface area contributed by atoms with E-state index in [4.69, 9.17) is 15.6 Å². The average Bonchev–Trinajstić information content (AvgIpc) is 3.05. The van der Waals surface area contributed by atoms with Crippen LogP contribution in [0.15, 0.2) is 107 Å². The van der Waals surface area contributed by atoms with Crippen LogP contribution in [0.4, 0.5) is 0 Å². The number of hydrogen-bond donors (Lipinski definition) is 2. The number of sulfonamides is 1. The third-order valence-corrected chi connectivity index (χ3v) is 8.79. The molecule has 0 fully saturated rings. The van der Waals surface area contributed by atoms with E-state index < -0.39 is 15.9 Å². The lowest BCUT2D eigenvalue weighted by Gasteiger charge is -2.13. The lowest BCUT2D eigenvalue weighted by atomic mass is 10.0. The van der Waals surface area contributed by atoms with Gasteiger partial charge in [-0.25, -0.2) is 17.8 Å². The maximum atomic E-state index is 13.4. The fourth-order valence-corrected chi connectivity index (χ4v) is 6.31. The van der Waals surface area contributed by atoms with Crippen molar-refractivity contribution in [2.75, 3.05) is 13.7 Å². The van der Waals surface area contributed by atoms with Crippen LogP contribution in [0, 0.1) is 0 Å². The van der Waals surface area contributed by atoms with Gasteiger partial charge in [-0.15, -0.1) is 0 Å². The molecule has 10 heteroatoms. The van der Waals surface area contributed by atoms with Crippen molar-refractivity contribution < 1.29 is 17.9 Å². The van der Waals surface area contributed by atoms with Crippen LogP contribution in [0.5, 0.6) is 5.75 Å². The molecule has 44 heavy (non-hydrogen) atoms. The Morgan fingerprint density at radius 2 is 1.50 bits per heavy atom. The van der Waals surface area contributed by atoms with Crippen LogP contribution in [-0.2, 0) is 21.4 Å². The van der Waals surface area contributed by atoms with Gasteiger partial charge in [-0.3, -0.25) is 9.59 Å². The standard InChI is InChI=1S/C34H34N4O5S/c1-43-27-20-18-26(19-21-27)33-29-10-4-5-11-30(29)34(40)38(36-33)23-24-14-16-25(17-15-24)28-9-6-7-12-31(28)44(41,42)37-32(39)13-3-2-8-22-35/h4-7,9-12,14-21H,2-3,8,13,22-23,35H2,1H3,(H,37,39). The number of amides is 1. The summed E-state index contributed by atoms with van der Waals surface area (Å²) < 4.78 is 35.2. The number of nitrogens with two attached hydrogens (primary N) is 1. The van der Waals surface area contributed by atoms with E-state index in [-0.39, 0.29) is 23.4 Å². The van der Waals surface area contributed by atoms with Crippen molar-refractivity contribution in [3.05, 3.63) is 113 Å². The quantitative estimate of drug-likeness (QED) is 0.188. The van der Waals surface area contributed by atoms with Gasteiger partial charge in [-0.1, -0.05) is 67.1 Å². The van der Waals surface area contributed by atoms with Crippen molar-refractivity contribution in [1.29, 1.82) is 0 Å². The summed E-state index contributed by atoms with van der Waals surface area (Å²) in [7, 11) is -2.48. The van der Waals surface area contributed by atoms with E-state index in [1.54, 1.807) is 43.5 Å². The molecule has 0 aliphatic carbocycles. The highest BCUT2D eigenvalue weighted by Crippen LogP contribution is 2.29. The molecule has 4 aromatic carbocycles. The first-order valence-corrected chi connectivity index (χ1v) is 15.9. The van der Waals surface area contributed by atoms with E-state index in [9.17, 15) is 18.0 Å². The SMILES string of the molecule is COc1ccc(-c2nn(Cc3ccc(-c4ccccc4S(=O)(=O)NC(=O)CCCCCN)cc3)c(=O)c3ccccc23)cc1. The maximum absolute atomic E-state index is 13.4. The average molecular weight is 611 g/mol. The van der Waals surface area contributed by atoms with E-state index in [0.717, 1.165) is 35.1 Å². The molecule has 3 N–H and O–H groups in total. The number of rotatable bonds is 12. The third kappa shape index (κ3) is 6.88. The molecule has 1 heterocycles. The second kappa shape index (κ2) is 13.7. The number of aromatic nitrogens is 2. The van der Waals surface area contributed by atoms with E-state index in [1.807, 2.05) is 54.6 Å². The van der Waals surface area contributed by atoms with Crippen LogP contribution in [0.25, 0.3) is 33.2 Å². The van der Waals surface area contributed by atoms with E-state index in [1.165, 1.54) is 10.7 Å². The summed E-state index contributed by atoms with van der Waals surface area (Å²) >= 11 is 0. The summed E-state index contributed by atoms with van der Waals surface area (Å²) in [5.74, 6) is 0.177. The Morgan fingerprint density at radius 3 is 2.20 bits per heavy atom. The monoisotopic (exact) mass is 610 g/mol. The molecule has 0 radical (unpaired) electrons. The van der Waals surface area contributed by atoms with Crippen LogP contribution >= 0.6 is 0 Å². The molecule has 1 aromatic heterocycles. The Balaban J connectivity index is 1.41. The van der Waals surface area contributed by atoms with E-state index in [0.29, 0.717) is 35.2 Å². The van der Waals surface area contributed by atoms with Crippen molar-refractivity contribution in [3.63, 3.8) is 0 Å². The number of fused-ring (bicyclic) bond motifs is 1. The van der Waals surface area contributed by atoms with Crippen LogP contribution < -0.4 is 20.8 Å². The molecule has 0 bridgehead atoms. The maximum Gasteiger partial charge on any atom is 0.274 e. The van der Waals surface area contributed by atoms with Crippen LogP contribution in [0.3, 0.4) is 0 Å². The van der Waals surface area contributed by atoms with Crippen molar-refractivity contribution >= 4 is 26.7 Å². The van der Waals surface area contributed by atoms with Crippen molar-refractivity contribution in [2.24, 2.45) is 5.73 Å². The van der Waals surface area contributed by atoms with Crippen molar-refractivity contribution in [2.45, 2.75) is 37.1 Å². The highest BCUT2D eigenvalue weighted by atomic mass is 32.2. The van der Waals surface area contributed by atoms with Gasteiger partial charge in [0.2, 0.25) is 5.91 Å². The highest BCUT2D eigenvalue weighted by Gasteiger charge is 2.21. The second-order valence-corrected chi connectivity index (χ2v) is 12.1. The number of nitrogens with one attached hydrogen (secondary N) is 1. The predicted molar refractivity (Wildman–Crippen MR) is 172 cm³/mol. The fraction of sp³-hybridized carbons (Fsp3) is 0.206. The van der Waals surface area contributed by atoms with Crippen LogP contribution in [0.1, 0.15) is 31.2 Å². The zero-order chi connectivity index (χ0) is 31.1. The molecule has 5 aromatic rings. The number of hydrogen-bond acceptors (Lipinski definition) is 7. The number of unbranched alkanes of at least 4 members (excludes halogenated alkanes) is 2. The zero-order valence-electron chi connectivity index (χ0n) is 24.4. The van der Waals surface area contributed by atoms with E-state index >= 15 is 0 Å². The molecular formula is C34H34N4O5S. The fourth-order valence-electron chi connectivity index (χ4n) is 5.07. The lowest BCUT2D eigenvalue weighted by molar-refractivity contribution is -0.119. The molecule has 9 nitrogen and oxygen atoms in total. The third-order valence-electron chi connectivity index (χ3n) is 7.36. The molecule has 5 rings (SSSR count). The van der Waals surface area contributed by atoms with E-state index in [2.05, 4.69) is 4.72 Å². The van der Waals surface area contributed by atoms with Crippen LogP contribution in [0.2, 0.25) is 0 Å². The number of methoxy groups -OCH3 is 1. The van der Waals surface area contributed by atoms with Crippen molar-refractivity contribution in [1.82, 2.24) is 14.5 Å². The smallest absolute Gasteiger partial charge is 0.274 e. The van der Waals surface area contributed by atoms with Crippen molar-refractivity contribution in [3.8, 4) is 28.1 Å². The van der Waals surface area contributed by atoms with Gasteiger partial charge in [0, 0.05) is 22.9 Å². The van der Waals surface area contributed by atoms with Gasteiger partial charge in [-0.05, 0) is 66.9 Å². The molecule has 0 unspecified atom stereocenters. The normalized spacial score (nSPS) is 11.4. The Morgan fingerprint density at radius 1 is 0.841 bits per heavy atom. The minimum absolute atomic E-state index is 0.0135. The summed E-state index contributed by atoms with van der Waals surface area (Å²) in [5.41, 5.74) is 8.74. The number of ether oxygens (including phenoxy) is 1. The summed E-state index contributed by atoms with van der Waals surface area (Å²) in [6.45, 7) is 0.750. The molecule has 0 saturated heterocycles. The number of carbonyl (C=O) groups excluding carboxylic acids is 1. The van der Waals surface area contributed by atoms with Gasteiger partial charge in [0.1, 0.15) is 5.75 Å². The Kier molecular flexibility index (Phi) is 9.52. The summed E-state index contributed by atoms with van der Waals surface area (Å²) in [6.07, 6.45) is 2.22. The summed E-state index contributed by atoms with van der Waals surface area (Å²) in [5, 5.41) is 6.06. The Bertz CT molecular complexity index is 1940. The summed E-state index contributed by atoms with van der Waals surface area (Å²) in [6, 6.07) is 28.7. The first kappa shape index (κ1) is 30.7. The Hall–Kier alpha value is -4.80. The van der Waals surface area contributed by atoms with Gasteiger partial charge in [-0.2, -0.15) is 5.10 Å². The zero-order valence-corrected chi connectivity index (χ0v) is 25.2. The molecule has 226 valence electrons. The molecule has 0 aliphatic heterocycles. The first-order valence-electron chi connectivity index (χ1n) is 14.4. The van der Waals surface area contributed by atoms with Gasteiger partial charge in [0.25, 0.3) is 15.6 Å². The van der Waals surface area contributed by atoms with Gasteiger partial charge in [0.15, 0.2) is 0 Å². The highest BCUT2D eigenvalue weighted by molar-refractivity contribution is 7.90. The second-order valence-electron chi connectivity index (χ2n) is 10.4. The van der Waals surface area contributed by atoms with Gasteiger partial charge in [0.05, 0.1) is 29.6 Å². The molecule has 0 saturated carbocycles. The van der Waals surface area contributed by atoms with Crippen LogP contribution in [-0.4, -0.2) is 37.8 Å². The predicted octanol–water partition coefficient (Wildman–Crippen LogP) is 5.11. The molecule has 0 spiro atoms. The number of nitrogens with zero attached hydrogens (tertiary/aromatic N) is 2. The molecule has 0 atom stereocenters. The minimum Gasteiger partial charge on any atom is -0.497 e. The van der Waals surface area contributed by atoms with Gasteiger partial charge >= 0.3 is 0 Å².